The molecule has 0 N–H and O–H groups in total. The predicted octanol–water partition coefficient (Wildman–Crippen LogP) is 1.46. The molecule has 6 heavy (non-hydrogen) atoms. The summed E-state index contributed by atoms with van der Waals surface area (Å²) in [5.41, 5.74) is 0. The van der Waals surface area contributed by atoms with Crippen molar-refractivity contribution in [2.45, 2.75) is 25.2 Å². The van der Waals surface area contributed by atoms with E-state index in [9.17, 15) is 8.78 Å². The monoisotopic (exact) mass is 92.0 g/mol. The third kappa shape index (κ3) is 0.402. The first-order valence-electron chi connectivity index (χ1n) is 2.09. The zero-order valence-electron chi connectivity index (χ0n) is 3.32. The molecule has 0 aliphatic heterocycles. The Bertz CT molecular complexity index is 45.5. The lowest BCUT2D eigenvalue weighted by atomic mass is 9.96. The van der Waals surface area contributed by atoms with Gasteiger partial charge in [0.1, 0.15) is 12.3 Å². The third-order valence-corrected chi connectivity index (χ3v) is 1.11. The highest BCUT2D eigenvalue weighted by atomic mass is 19.2. The maximum Gasteiger partial charge on any atom is 0.131 e. The van der Waals surface area contributed by atoms with Crippen LogP contribution in [-0.4, -0.2) is 12.3 Å². The molecule has 2 heteroatoms. The minimum atomic E-state index is -1.13. The van der Waals surface area contributed by atoms with Gasteiger partial charge in [0.05, 0.1) is 0 Å². The van der Waals surface area contributed by atoms with Gasteiger partial charge in [-0.25, -0.2) is 8.78 Å². The van der Waals surface area contributed by atoms with Crippen LogP contribution in [0.25, 0.3) is 0 Å². The minimum absolute atomic E-state index is 0.432. The fourth-order valence-corrected chi connectivity index (χ4v) is 0.419. The smallest absolute Gasteiger partial charge is 0.131 e. The zero-order chi connectivity index (χ0) is 4.57. The second-order valence-electron chi connectivity index (χ2n) is 1.61. The SMILES string of the molecule is FC1CC[C@H]1F. The quantitative estimate of drug-likeness (QED) is 0.424. The molecule has 1 aliphatic rings. The van der Waals surface area contributed by atoms with Crippen LogP contribution in [0.1, 0.15) is 12.8 Å². The van der Waals surface area contributed by atoms with Gasteiger partial charge in [0, 0.05) is 0 Å². The maximum absolute atomic E-state index is 11.5. The first-order valence-corrected chi connectivity index (χ1v) is 2.09. The Kier molecular flexibility index (Phi) is 0.787. The molecule has 0 heterocycles. The average Bonchev–Trinajstić information content (AvgIpc) is 1.61. The summed E-state index contributed by atoms with van der Waals surface area (Å²) in [6.07, 6.45) is -1.41. The Labute approximate surface area is 35.2 Å². The Morgan fingerprint density at radius 2 is 1.33 bits per heavy atom. The summed E-state index contributed by atoms with van der Waals surface area (Å²) < 4.78 is 23.1. The minimum Gasteiger partial charge on any atom is -0.244 e. The van der Waals surface area contributed by atoms with Crippen LogP contribution < -0.4 is 0 Å². The highest BCUT2D eigenvalue weighted by molar-refractivity contribution is 4.79. The number of halogens is 2. The van der Waals surface area contributed by atoms with E-state index in [0.29, 0.717) is 12.8 Å². The summed E-state index contributed by atoms with van der Waals surface area (Å²) in [5, 5.41) is 0. The summed E-state index contributed by atoms with van der Waals surface area (Å²) >= 11 is 0. The molecule has 2 atom stereocenters. The van der Waals surface area contributed by atoms with Gasteiger partial charge < -0.3 is 0 Å². The van der Waals surface area contributed by atoms with Crippen molar-refractivity contribution in [1.82, 2.24) is 0 Å². The Morgan fingerprint density at radius 1 is 1.00 bits per heavy atom. The van der Waals surface area contributed by atoms with Crippen LogP contribution >= 0.6 is 0 Å². The van der Waals surface area contributed by atoms with Crippen molar-refractivity contribution in [2.24, 2.45) is 0 Å². The molecule has 0 aromatic carbocycles. The van der Waals surface area contributed by atoms with E-state index in [2.05, 4.69) is 0 Å². The van der Waals surface area contributed by atoms with E-state index >= 15 is 0 Å². The molecule has 1 rings (SSSR count). The van der Waals surface area contributed by atoms with Crippen molar-refractivity contribution in [2.75, 3.05) is 0 Å². The van der Waals surface area contributed by atoms with E-state index < -0.39 is 12.3 Å². The van der Waals surface area contributed by atoms with Crippen molar-refractivity contribution >= 4 is 0 Å². The molecule has 1 fully saturated rings. The molecule has 0 radical (unpaired) electrons. The molecule has 1 aliphatic carbocycles. The van der Waals surface area contributed by atoms with Gasteiger partial charge in [-0.3, -0.25) is 0 Å². The molecule has 1 unspecified atom stereocenters. The van der Waals surface area contributed by atoms with E-state index in [0.717, 1.165) is 0 Å². The van der Waals surface area contributed by atoms with Crippen molar-refractivity contribution in [1.29, 1.82) is 0 Å². The topological polar surface area (TPSA) is 0 Å². The molecule has 0 aromatic rings. The van der Waals surface area contributed by atoms with Crippen LogP contribution in [0.5, 0.6) is 0 Å². The van der Waals surface area contributed by atoms with Gasteiger partial charge in [-0.15, -0.1) is 0 Å². The predicted molar refractivity (Wildman–Crippen MR) is 19.0 cm³/mol. The maximum atomic E-state index is 11.5. The van der Waals surface area contributed by atoms with Crippen LogP contribution in [-0.2, 0) is 0 Å². The average molecular weight is 92.1 g/mol. The lowest BCUT2D eigenvalue weighted by Gasteiger charge is -2.21. The van der Waals surface area contributed by atoms with E-state index in [1.54, 1.807) is 0 Å². The van der Waals surface area contributed by atoms with Crippen molar-refractivity contribution < 1.29 is 8.78 Å². The van der Waals surface area contributed by atoms with Gasteiger partial charge in [0.2, 0.25) is 0 Å². The molecular formula is C4H6F2. The molecule has 0 amide bonds. The highest BCUT2D eigenvalue weighted by Crippen LogP contribution is 2.25. The largest absolute Gasteiger partial charge is 0.244 e. The van der Waals surface area contributed by atoms with Gasteiger partial charge >= 0.3 is 0 Å². The van der Waals surface area contributed by atoms with Gasteiger partial charge in [0.15, 0.2) is 0 Å². The fraction of sp³-hybridized carbons (Fsp3) is 1.00. The van der Waals surface area contributed by atoms with Gasteiger partial charge in [0.25, 0.3) is 0 Å². The number of hydrogen-bond acceptors (Lipinski definition) is 0. The standard InChI is InChI=1S/C4H6F2/c5-3-1-2-4(3)6/h3-4H,1-2H2/t3-,4?/m1/s1. The van der Waals surface area contributed by atoms with E-state index in [1.807, 2.05) is 0 Å². The number of hydrogen-bond donors (Lipinski definition) is 0. The van der Waals surface area contributed by atoms with Gasteiger partial charge in [-0.2, -0.15) is 0 Å². The summed E-state index contributed by atoms with van der Waals surface area (Å²) in [7, 11) is 0. The van der Waals surface area contributed by atoms with E-state index in [1.165, 1.54) is 0 Å². The highest BCUT2D eigenvalue weighted by Gasteiger charge is 2.29. The fourth-order valence-electron chi connectivity index (χ4n) is 0.419. The molecule has 36 valence electrons. The summed E-state index contributed by atoms with van der Waals surface area (Å²) in [6, 6.07) is 0. The van der Waals surface area contributed by atoms with Crippen molar-refractivity contribution in [3.8, 4) is 0 Å². The molecule has 0 spiro atoms. The van der Waals surface area contributed by atoms with Gasteiger partial charge in [-0.05, 0) is 12.8 Å². The zero-order valence-corrected chi connectivity index (χ0v) is 3.32. The Hall–Kier alpha value is -0.140. The molecular weight excluding hydrogens is 86.0 g/mol. The van der Waals surface area contributed by atoms with Crippen LogP contribution in [0, 0.1) is 0 Å². The molecule has 0 aromatic heterocycles. The molecule has 0 nitrogen and oxygen atoms in total. The second-order valence-corrected chi connectivity index (χ2v) is 1.61. The third-order valence-electron chi connectivity index (χ3n) is 1.11. The van der Waals surface area contributed by atoms with Crippen LogP contribution in [0.4, 0.5) is 8.78 Å². The summed E-state index contributed by atoms with van der Waals surface area (Å²) in [4.78, 5) is 0. The van der Waals surface area contributed by atoms with Crippen LogP contribution in [0.15, 0.2) is 0 Å². The number of rotatable bonds is 0. The summed E-state index contributed by atoms with van der Waals surface area (Å²) in [5.74, 6) is 0. The van der Waals surface area contributed by atoms with Crippen molar-refractivity contribution in [3.05, 3.63) is 0 Å². The van der Waals surface area contributed by atoms with E-state index in [-0.39, 0.29) is 0 Å². The molecule has 0 saturated heterocycles. The lowest BCUT2D eigenvalue weighted by molar-refractivity contribution is 0.0709. The number of alkyl halides is 2. The van der Waals surface area contributed by atoms with E-state index in [4.69, 9.17) is 0 Å². The van der Waals surface area contributed by atoms with Gasteiger partial charge in [-0.1, -0.05) is 0 Å². The first kappa shape index (κ1) is 4.03. The van der Waals surface area contributed by atoms with Crippen LogP contribution in [0.3, 0.4) is 0 Å². The summed E-state index contributed by atoms with van der Waals surface area (Å²) in [6.45, 7) is 0. The Balaban J connectivity index is 2.20. The van der Waals surface area contributed by atoms with Crippen molar-refractivity contribution in [3.63, 3.8) is 0 Å². The lowest BCUT2D eigenvalue weighted by Crippen LogP contribution is -2.28. The molecule has 0 bridgehead atoms. The first-order chi connectivity index (χ1) is 2.80. The van der Waals surface area contributed by atoms with Crippen LogP contribution in [0.2, 0.25) is 0 Å². The normalized spacial score (nSPS) is 45.0. The second kappa shape index (κ2) is 1.17. The Morgan fingerprint density at radius 3 is 1.33 bits per heavy atom. The molecule has 1 saturated carbocycles.